The van der Waals surface area contributed by atoms with Crippen LogP contribution in [0, 0.1) is 0 Å². The molecule has 1 aromatic heterocycles. The molecule has 1 aromatic carbocycles. The van der Waals surface area contributed by atoms with Crippen molar-refractivity contribution in [1.29, 1.82) is 0 Å². The van der Waals surface area contributed by atoms with Crippen LogP contribution in [0.2, 0.25) is 0 Å². The van der Waals surface area contributed by atoms with Gasteiger partial charge in [-0.15, -0.1) is 0 Å². The monoisotopic (exact) mass is 215 g/mol. The fourth-order valence-electron chi connectivity index (χ4n) is 1.62. The normalized spacial score (nSPS) is 13.1. The van der Waals surface area contributed by atoms with Crippen molar-refractivity contribution in [3.63, 3.8) is 0 Å². The van der Waals surface area contributed by atoms with Crippen LogP contribution < -0.4 is 16.4 Å². The number of fused-ring (bicyclic) bond motifs is 2. The molecule has 0 unspecified atom stereocenters. The van der Waals surface area contributed by atoms with Crippen molar-refractivity contribution < 1.29 is 0 Å². The van der Waals surface area contributed by atoms with Crippen molar-refractivity contribution in [1.82, 2.24) is 0 Å². The van der Waals surface area contributed by atoms with Crippen molar-refractivity contribution >= 4 is 21.3 Å². The van der Waals surface area contributed by atoms with Gasteiger partial charge in [0.1, 0.15) is 5.00 Å². The standard InChI is InChI=1S/C11H9N3S/c12-10-5-7-6-13-8-3-1-2-4-9(8)14-11(7)15-10/h1-5H,6,12H2. The predicted octanol–water partition coefficient (Wildman–Crippen LogP) is 1.41. The second-order valence-corrected chi connectivity index (χ2v) is 4.46. The van der Waals surface area contributed by atoms with Gasteiger partial charge in [-0.1, -0.05) is 23.5 Å². The van der Waals surface area contributed by atoms with Gasteiger partial charge in [0.05, 0.1) is 22.3 Å². The van der Waals surface area contributed by atoms with Crippen LogP contribution in [0.25, 0.3) is 0 Å². The van der Waals surface area contributed by atoms with Gasteiger partial charge in [-0.2, -0.15) is 0 Å². The van der Waals surface area contributed by atoms with E-state index in [0.29, 0.717) is 6.54 Å². The molecule has 0 aliphatic carbocycles. The highest BCUT2D eigenvalue weighted by Crippen LogP contribution is 2.32. The van der Waals surface area contributed by atoms with Crippen LogP contribution in [0.5, 0.6) is 0 Å². The molecule has 2 heterocycles. The van der Waals surface area contributed by atoms with Gasteiger partial charge in [0, 0.05) is 5.56 Å². The summed E-state index contributed by atoms with van der Waals surface area (Å²) in [7, 11) is 0. The van der Waals surface area contributed by atoms with E-state index < -0.39 is 0 Å². The van der Waals surface area contributed by atoms with Crippen LogP contribution >= 0.6 is 11.3 Å². The van der Waals surface area contributed by atoms with Crippen LogP contribution in [0.3, 0.4) is 0 Å². The number of para-hydroxylation sites is 2. The maximum Gasteiger partial charge on any atom is 0.123 e. The zero-order valence-electron chi connectivity index (χ0n) is 7.97. The molecular weight excluding hydrogens is 206 g/mol. The third-order valence-corrected chi connectivity index (χ3v) is 3.23. The van der Waals surface area contributed by atoms with E-state index >= 15 is 0 Å². The lowest BCUT2D eigenvalue weighted by Crippen LogP contribution is -2.23. The average Bonchev–Trinajstić information content (AvgIpc) is 2.49. The molecule has 0 fully saturated rings. The zero-order valence-corrected chi connectivity index (χ0v) is 8.79. The second-order valence-electron chi connectivity index (χ2n) is 3.40. The quantitative estimate of drug-likeness (QED) is 0.709. The van der Waals surface area contributed by atoms with Crippen molar-refractivity contribution in [2.45, 2.75) is 6.54 Å². The van der Waals surface area contributed by atoms with Crippen LogP contribution in [0.15, 0.2) is 40.3 Å². The summed E-state index contributed by atoms with van der Waals surface area (Å²) in [5, 5.41) is 3.68. The SMILES string of the molecule is Nc1cc2c(s1)N=c1ccccc1=NC2. The summed E-state index contributed by atoms with van der Waals surface area (Å²) in [6.07, 6.45) is 0. The van der Waals surface area contributed by atoms with Crippen LogP contribution in [0.1, 0.15) is 5.56 Å². The third-order valence-electron chi connectivity index (χ3n) is 2.33. The zero-order chi connectivity index (χ0) is 10.3. The largest absolute Gasteiger partial charge is 0.391 e. The molecule has 15 heavy (non-hydrogen) atoms. The van der Waals surface area contributed by atoms with Gasteiger partial charge in [-0.05, 0) is 18.2 Å². The van der Waals surface area contributed by atoms with Crippen molar-refractivity contribution in [3.05, 3.63) is 46.6 Å². The molecule has 0 radical (unpaired) electrons. The van der Waals surface area contributed by atoms with Gasteiger partial charge in [0.15, 0.2) is 0 Å². The van der Waals surface area contributed by atoms with Gasteiger partial charge in [-0.3, -0.25) is 4.99 Å². The second kappa shape index (κ2) is 3.17. The molecule has 2 N–H and O–H groups in total. The van der Waals surface area contributed by atoms with Gasteiger partial charge >= 0.3 is 0 Å². The Kier molecular flexibility index (Phi) is 1.82. The Bertz CT molecular complexity index is 628. The van der Waals surface area contributed by atoms with E-state index in [9.17, 15) is 0 Å². The maximum absolute atomic E-state index is 5.75. The van der Waals surface area contributed by atoms with Crippen LogP contribution in [0.4, 0.5) is 10.0 Å². The first-order valence-corrected chi connectivity index (χ1v) is 5.51. The first-order chi connectivity index (χ1) is 7.33. The lowest BCUT2D eigenvalue weighted by molar-refractivity contribution is 1.02. The predicted molar refractivity (Wildman–Crippen MR) is 60.8 cm³/mol. The van der Waals surface area contributed by atoms with E-state index in [-0.39, 0.29) is 0 Å². The summed E-state index contributed by atoms with van der Waals surface area (Å²) in [6, 6.07) is 9.87. The highest BCUT2D eigenvalue weighted by atomic mass is 32.1. The number of nitrogens with two attached hydrogens (primary N) is 1. The minimum absolute atomic E-state index is 0.670. The van der Waals surface area contributed by atoms with Gasteiger partial charge in [-0.25, -0.2) is 4.99 Å². The Morgan fingerprint density at radius 2 is 2.00 bits per heavy atom. The fraction of sp³-hybridized carbons (Fsp3) is 0.0909. The number of benzene rings is 1. The lowest BCUT2D eigenvalue weighted by atomic mass is 10.3. The minimum atomic E-state index is 0.670. The smallest absolute Gasteiger partial charge is 0.123 e. The Balaban J connectivity index is 2.34. The van der Waals surface area contributed by atoms with Crippen molar-refractivity contribution in [2.75, 3.05) is 5.73 Å². The van der Waals surface area contributed by atoms with Gasteiger partial charge in [0.2, 0.25) is 0 Å². The number of thiophene rings is 1. The summed E-state index contributed by atoms with van der Waals surface area (Å²) in [5.41, 5.74) is 6.87. The molecule has 2 aromatic rings. The van der Waals surface area contributed by atoms with E-state index in [2.05, 4.69) is 9.98 Å². The fourth-order valence-corrected chi connectivity index (χ4v) is 2.44. The summed E-state index contributed by atoms with van der Waals surface area (Å²) in [6.45, 7) is 0.670. The molecule has 1 aliphatic rings. The highest BCUT2D eigenvalue weighted by molar-refractivity contribution is 7.19. The molecule has 0 spiro atoms. The molecule has 3 nitrogen and oxygen atoms in total. The highest BCUT2D eigenvalue weighted by Gasteiger charge is 2.08. The topological polar surface area (TPSA) is 50.7 Å². The summed E-state index contributed by atoms with van der Waals surface area (Å²) in [4.78, 5) is 9.07. The molecule has 0 saturated heterocycles. The van der Waals surface area contributed by atoms with Crippen LogP contribution in [-0.2, 0) is 6.54 Å². The molecule has 4 heteroatoms. The Morgan fingerprint density at radius 3 is 2.87 bits per heavy atom. The molecule has 3 rings (SSSR count). The van der Waals surface area contributed by atoms with Gasteiger partial charge < -0.3 is 5.73 Å². The van der Waals surface area contributed by atoms with E-state index in [4.69, 9.17) is 5.73 Å². The number of anilines is 1. The molecule has 74 valence electrons. The molecular formula is C11H9N3S. The minimum Gasteiger partial charge on any atom is -0.391 e. The van der Waals surface area contributed by atoms with Crippen LogP contribution in [-0.4, -0.2) is 0 Å². The molecule has 0 amide bonds. The Labute approximate surface area is 90.6 Å². The molecule has 0 bridgehead atoms. The number of hydrogen-bond donors (Lipinski definition) is 1. The summed E-state index contributed by atoms with van der Waals surface area (Å²) in [5.74, 6) is 0. The summed E-state index contributed by atoms with van der Waals surface area (Å²) < 4.78 is 0. The lowest BCUT2D eigenvalue weighted by Gasteiger charge is -1.88. The number of nitrogen functional groups attached to an aromatic ring is 1. The number of nitrogens with zero attached hydrogens (tertiary/aromatic N) is 2. The first-order valence-electron chi connectivity index (χ1n) is 4.69. The molecule has 1 aliphatic heterocycles. The van der Waals surface area contributed by atoms with Crippen molar-refractivity contribution in [2.24, 2.45) is 9.98 Å². The summed E-state index contributed by atoms with van der Waals surface area (Å²) >= 11 is 1.52. The van der Waals surface area contributed by atoms with Gasteiger partial charge in [0.25, 0.3) is 0 Å². The van der Waals surface area contributed by atoms with E-state index in [1.54, 1.807) is 0 Å². The van der Waals surface area contributed by atoms with E-state index in [0.717, 1.165) is 26.3 Å². The molecule has 0 saturated carbocycles. The number of hydrogen-bond acceptors (Lipinski definition) is 4. The van der Waals surface area contributed by atoms with E-state index in [1.165, 1.54) is 11.3 Å². The number of rotatable bonds is 0. The Hall–Kier alpha value is -1.68. The van der Waals surface area contributed by atoms with Crippen molar-refractivity contribution in [3.8, 4) is 0 Å². The first kappa shape index (κ1) is 8.61. The average molecular weight is 215 g/mol. The third kappa shape index (κ3) is 1.43. The van der Waals surface area contributed by atoms with E-state index in [1.807, 2.05) is 30.3 Å². The maximum atomic E-state index is 5.75. The Morgan fingerprint density at radius 1 is 1.20 bits per heavy atom. The molecule has 0 atom stereocenters.